The smallest absolute Gasteiger partial charge is 0.462 e. The largest absolute Gasteiger partial charge is 0.472 e. The van der Waals surface area contributed by atoms with Gasteiger partial charge in [-0.1, -0.05) is 179 Å². The molecule has 0 amide bonds. The highest BCUT2D eigenvalue weighted by Gasteiger charge is 2.28. The molecule has 2 N–H and O–H groups in total. The standard InChI is InChI=1S/C52H93O11P/c1-4-7-10-13-16-19-21-23-24-26-28-31-34-37-40-43-52(56)63-49(45-59-50(54)41-38-35-32-30-27-25-22-20-17-14-11-8-5-2)47-61-64(57,58)60-46-48(44-53)62-51(55)42-39-36-33-29-18-15-12-9-6-3/h11,14,16,19-20,22-24,48-49,53H,4-10,12-13,15,17-18,21,25-47H2,1-3H3,(H,57,58)/b14-11-,19-16-,22-20-,24-23-. The van der Waals surface area contributed by atoms with Gasteiger partial charge in [-0.05, 0) is 77.0 Å². The van der Waals surface area contributed by atoms with Crippen molar-refractivity contribution in [2.24, 2.45) is 0 Å². The van der Waals surface area contributed by atoms with Gasteiger partial charge in [0.05, 0.1) is 19.8 Å². The number of esters is 3. The Labute approximate surface area is 390 Å². The second kappa shape index (κ2) is 47.0. The van der Waals surface area contributed by atoms with E-state index in [2.05, 4.69) is 69.4 Å². The Kier molecular flexibility index (Phi) is 45.1. The summed E-state index contributed by atoms with van der Waals surface area (Å²) in [4.78, 5) is 48.2. The van der Waals surface area contributed by atoms with Gasteiger partial charge in [-0.3, -0.25) is 23.4 Å². The molecule has 3 atom stereocenters. The molecule has 0 aliphatic rings. The van der Waals surface area contributed by atoms with Gasteiger partial charge in [0.1, 0.15) is 12.7 Å². The third kappa shape index (κ3) is 44.6. The zero-order chi connectivity index (χ0) is 47.0. The molecule has 0 aromatic heterocycles. The molecule has 0 saturated carbocycles. The molecule has 0 aliphatic heterocycles. The molecule has 0 rings (SSSR count). The molecule has 0 radical (unpaired) electrons. The summed E-state index contributed by atoms with van der Waals surface area (Å²) < 4.78 is 39.2. The number of aliphatic hydroxyl groups is 1. The molecule has 372 valence electrons. The number of unbranched alkanes of at least 4 members (excludes halogenated alkanes) is 22. The average Bonchev–Trinajstić information content (AvgIpc) is 3.28. The number of phosphoric ester groups is 1. The van der Waals surface area contributed by atoms with Gasteiger partial charge < -0.3 is 24.2 Å². The maximum absolute atomic E-state index is 12.8. The van der Waals surface area contributed by atoms with Crippen LogP contribution < -0.4 is 0 Å². The lowest BCUT2D eigenvalue weighted by Crippen LogP contribution is -2.30. The van der Waals surface area contributed by atoms with Crippen LogP contribution in [0.3, 0.4) is 0 Å². The highest BCUT2D eigenvalue weighted by Crippen LogP contribution is 2.43. The van der Waals surface area contributed by atoms with Gasteiger partial charge >= 0.3 is 25.7 Å². The molecule has 64 heavy (non-hydrogen) atoms. The van der Waals surface area contributed by atoms with E-state index in [4.69, 9.17) is 23.3 Å². The first-order valence-electron chi connectivity index (χ1n) is 25.5. The molecule has 0 bridgehead atoms. The summed E-state index contributed by atoms with van der Waals surface area (Å²) in [6, 6.07) is 0. The summed E-state index contributed by atoms with van der Waals surface area (Å²) in [6.45, 7) is 4.48. The summed E-state index contributed by atoms with van der Waals surface area (Å²) in [5, 5.41) is 9.73. The normalized spacial score (nSPS) is 13.9. The predicted molar refractivity (Wildman–Crippen MR) is 261 cm³/mol. The van der Waals surface area contributed by atoms with Gasteiger partial charge in [0.15, 0.2) is 6.10 Å². The molecule has 0 aliphatic carbocycles. The van der Waals surface area contributed by atoms with Crippen molar-refractivity contribution < 1.29 is 52.2 Å². The third-order valence-corrected chi connectivity index (χ3v) is 11.7. The fourth-order valence-electron chi connectivity index (χ4n) is 6.78. The fraction of sp³-hybridized carbons (Fsp3) is 0.788. The predicted octanol–water partition coefficient (Wildman–Crippen LogP) is 14.2. The van der Waals surface area contributed by atoms with Crippen LogP contribution >= 0.6 is 7.82 Å². The van der Waals surface area contributed by atoms with Gasteiger partial charge in [-0.25, -0.2) is 4.57 Å². The SMILES string of the molecule is CCC/C=C\C/C=C\CCCCCCCC(=O)OCC(COP(=O)(O)OCC(CO)OC(=O)CCCCCCCCCCC)OC(=O)CCCCCCC/C=C\C/C=C\CCCCC. The number of carbonyl (C=O) groups excluding carboxylic acids is 3. The van der Waals surface area contributed by atoms with Gasteiger partial charge in [-0.15, -0.1) is 0 Å². The zero-order valence-corrected chi connectivity index (χ0v) is 41.6. The number of hydrogen-bond acceptors (Lipinski definition) is 10. The molecule has 11 nitrogen and oxygen atoms in total. The first-order chi connectivity index (χ1) is 31.2. The number of phosphoric acid groups is 1. The van der Waals surface area contributed by atoms with Gasteiger partial charge in [0.2, 0.25) is 0 Å². The van der Waals surface area contributed by atoms with E-state index >= 15 is 0 Å². The van der Waals surface area contributed by atoms with E-state index in [9.17, 15) is 28.9 Å². The Morgan fingerprint density at radius 3 is 1.25 bits per heavy atom. The summed E-state index contributed by atoms with van der Waals surface area (Å²) in [6.07, 6.45) is 46.6. The highest BCUT2D eigenvalue weighted by molar-refractivity contribution is 7.47. The Bertz CT molecular complexity index is 1260. The van der Waals surface area contributed by atoms with Crippen LogP contribution in [-0.2, 0) is 42.2 Å². The molecule has 0 fully saturated rings. The summed E-state index contributed by atoms with van der Waals surface area (Å²) >= 11 is 0. The summed E-state index contributed by atoms with van der Waals surface area (Å²) in [5.41, 5.74) is 0. The van der Waals surface area contributed by atoms with Crippen molar-refractivity contribution in [1.29, 1.82) is 0 Å². The van der Waals surface area contributed by atoms with Crippen molar-refractivity contribution >= 4 is 25.7 Å². The van der Waals surface area contributed by atoms with Crippen LogP contribution in [0.2, 0.25) is 0 Å². The molecule has 0 aromatic carbocycles. The average molecular weight is 925 g/mol. The Balaban J connectivity index is 4.79. The van der Waals surface area contributed by atoms with Crippen LogP contribution in [0, 0.1) is 0 Å². The van der Waals surface area contributed by atoms with Gasteiger partial charge in [-0.2, -0.15) is 0 Å². The fourth-order valence-corrected chi connectivity index (χ4v) is 7.56. The zero-order valence-electron chi connectivity index (χ0n) is 40.7. The van der Waals surface area contributed by atoms with E-state index in [0.29, 0.717) is 19.3 Å². The first kappa shape index (κ1) is 61.4. The van der Waals surface area contributed by atoms with Crippen LogP contribution in [0.1, 0.15) is 226 Å². The summed E-state index contributed by atoms with van der Waals surface area (Å²) in [5.74, 6) is -1.50. The molecule has 0 heterocycles. The lowest BCUT2D eigenvalue weighted by atomic mass is 10.1. The number of hydrogen-bond donors (Lipinski definition) is 2. The van der Waals surface area contributed by atoms with E-state index in [0.717, 1.165) is 109 Å². The monoisotopic (exact) mass is 925 g/mol. The van der Waals surface area contributed by atoms with Gasteiger partial charge in [0, 0.05) is 19.3 Å². The molecular weight excluding hydrogens is 832 g/mol. The first-order valence-corrected chi connectivity index (χ1v) is 27.0. The molecule has 3 unspecified atom stereocenters. The lowest BCUT2D eigenvalue weighted by molar-refractivity contribution is -0.161. The van der Waals surface area contributed by atoms with Crippen molar-refractivity contribution in [2.45, 2.75) is 238 Å². The van der Waals surface area contributed by atoms with Crippen LogP contribution in [0.4, 0.5) is 0 Å². The van der Waals surface area contributed by atoms with Crippen LogP contribution in [0.25, 0.3) is 0 Å². The highest BCUT2D eigenvalue weighted by atomic mass is 31.2. The maximum atomic E-state index is 12.8. The minimum Gasteiger partial charge on any atom is -0.462 e. The Morgan fingerprint density at radius 2 is 0.797 bits per heavy atom. The van der Waals surface area contributed by atoms with E-state index in [1.165, 1.54) is 57.8 Å². The topological polar surface area (TPSA) is 155 Å². The number of aliphatic hydroxyl groups excluding tert-OH is 1. The molecule has 0 spiro atoms. The second-order valence-electron chi connectivity index (χ2n) is 17.0. The Hall–Kier alpha value is -2.56. The van der Waals surface area contributed by atoms with E-state index in [-0.39, 0.29) is 25.9 Å². The molecule has 0 saturated heterocycles. The van der Waals surface area contributed by atoms with Crippen molar-refractivity contribution in [2.75, 3.05) is 26.4 Å². The second-order valence-corrected chi connectivity index (χ2v) is 18.4. The minimum absolute atomic E-state index is 0.149. The van der Waals surface area contributed by atoms with Crippen molar-refractivity contribution in [3.05, 3.63) is 48.6 Å². The number of allylic oxidation sites excluding steroid dienone is 8. The van der Waals surface area contributed by atoms with Crippen molar-refractivity contribution in [3.8, 4) is 0 Å². The van der Waals surface area contributed by atoms with Crippen molar-refractivity contribution in [3.63, 3.8) is 0 Å². The molecule has 12 heteroatoms. The van der Waals surface area contributed by atoms with Crippen LogP contribution in [-0.4, -0.2) is 66.5 Å². The third-order valence-electron chi connectivity index (χ3n) is 10.7. The number of rotatable bonds is 47. The summed E-state index contributed by atoms with van der Waals surface area (Å²) in [7, 11) is -4.74. The number of ether oxygens (including phenoxy) is 3. The lowest BCUT2D eigenvalue weighted by Gasteiger charge is -2.21. The number of carbonyl (C=O) groups is 3. The van der Waals surface area contributed by atoms with E-state index < -0.39 is 57.8 Å². The maximum Gasteiger partial charge on any atom is 0.472 e. The van der Waals surface area contributed by atoms with E-state index in [1.54, 1.807) is 0 Å². The van der Waals surface area contributed by atoms with E-state index in [1.807, 2.05) is 0 Å². The Morgan fingerprint density at radius 1 is 0.438 bits per heavy atom. The van der Waals surface area contributed by atoms with Crippen molar-refractivity contribution in [1.82, 2.24) is 0 Å². The quantitative estimate of drug-likeness (QED) is 0.0197. The molecule has 0 aromatic rings. The molecular formula is C52H93O11P. The van der Waals surface area contributed by atoms with Crippen LogP contribution in [0.15, 0.2) is 48.6 Å². The van der Waals surface area contributed by atoms with Gasteiger partial charge in [0.25, 0.3) is 0 Å². The van der Waals surface area contributed by atoms with Crippen LogP contribution in [0.5, 0.6) is 0 Å². The minimum atomic E-state index is -4.74.